The van der Waals surface area contributed by atoms with Gasteiger partial charge < -0.3 is 9.42 Å². The van der Waals surface area contributed by atoms with Gasteiger partial charge in [-0.2, -0.15) is 0 Å². The summed E-state index contributed by atoms with van der Waals surface area (Å²) in [5.41, 5.74) is 2.80. The number of rotatable bonds is 4. The fourth-order valence-electron chi connectivity index (χ4n) is 3.60. The van der Waals surface area contributed by atoms with Crippen LogP contribution in [0.1, 0.15) is 50.6 Å². The van der Waals surface area contributed by atoms with Gasteiger partial charge in [-0.15, -0.1) is 0 Å². The molecule has 0 unspecified atom stereocenters. The van der Waals surface area contributed by atoms with Crippen molar-refractivity contribution in [3.8, 4) is 0 Å². The number of aromatic nitrogens is 1. The number of halogens is 1. The zero-order chi connectivity index (χ0) is 19.1. The van der Waals surface area contributed by atoms with Crippen LogP contribution >= 0.6 is 15.9 Å². The van der Waals surface area contributed by atoms with E-state index in [2.05, 4.69) is 21.1 Å². The standard InChI is InChI=1S/C19H18BrN3O4/c1-11-13-6-8-22(10-16(13)27-21-11)17(24)3-2-7-23-18(25)14-5-4-12(20)9-15(14)19(23)26/h4-5,9H,2-3,6-8,10H2,1H3. The SMILES string of the molecule is Cc1noc2c1CCN(C(=O)CCCN1C(=O)c3ccc(Br)cc3C1=O)C2. The van der Waals surface area contributed by atoms with Crippen LogP contribution in [0.15, 0.2) is 27.2 Å². The average Bonchev–Trinajstić information content (AvgIpc) is 3.14. The molecule has 140 valence electrons. The predicted octanol–water partition coefficient (Wildman–Crippen LogP) is 2.71. The van der Waals surface area contributed by atoms with Gasteiger partial charge in [0.05, 0.1) is 23.4 Å². The van der Waals surface area contributed by atoms with Crippen LogP contribution in [0.2, 0.25) is 0 Å². The Kier molecular flexibility index (Phi) is 4.59. The van der Waals surface area contributed by atoms with Crippen LogP contribution in [-0.4, -0.2) is 45.8 Å². The Balaban J connectivity index is 1.33. The summed E-state index contributed by atoms with van der Waals surface area (Å²) in [4.78, 5) is 40.3. The smallest absolute Gasteiger partial charge is 0.261 e. The van der Waals surface area contributed by atoms with E-state index in [4.69, 9.17) is 4.52 Å². The molecule has 1 aromatic heterocycles. The number of carbonyl (C=O) groups is 3. The van der Waals surface area contributed by atoms with Crippen molar-refractivity contribution in [2.24, 2.45) is 0 Å². The predicted molar refractivity (Wildman–Crippen MR) is 99.1 cm³/mol. The van der Waals surface area contributed by atoms with Gasteiger partial charge >= 0.3 is 0 Å². The van der Waals surface area contributed by atoms with E-state index in [0.717, 1.165) is 27.9 Å². The van der Waals surface area contributed by atoms with Gasteiger partial charge in [-0.3, -0.25) is 19.3 Å². The molecule has 0 N–H and O–H groups in total. The number of imide groups is 1. The van der Waals surface area contributed by atoms with Crippen molar-refractivity contribution in [1.29, 1.82) is 0 Å². The molecule has 0 spiro atoms. The fourth-order valence-corrected chi connectivity index (χ4v) is 3.97. The van der Waals surface area contributed by atoms with Crippen LogP contribution in [0.3, 0.4) is 0 Å². The third kappa shape index (κ3) is 3.18. The van der Waals surface area contributed by atoms with Crippen molar-refractivity contribution in [1.82, 2.24) is 15.0 Å². The third-order valence-corrected chi connectivity index (χ3v) is 5.58. The van der Waals surface area contributed by atoms with Crippen molar-refractivity contribution < 1.29 is 18.9 Å². The number of fused-ring (bicyclic) bond motifs is 2. The maximum Gasteiger partial charge on any atom is 0.261 e. The fraction of sp³-hybridized carbons (Fsp3) is 0.368. The minimum absolute atomic E-state index is 0.00550. The van der Waals surface area contributed by atoms with Gasteiger partial charge in [0.1, 0.15) is 0 Å². The summed E-state index contributed by atoms with van der Waals surface area (Å²) in [6.45, 7) is 3.20. The lowest BCUT2D eigenvalue weighted by Crippen LogP contribution is -2.36. The van der Waals surface area contributed by atoms with Crippen molar-refractivity contribution >= 4 is 33.7 Å². The summed E-state index contributed by atoms with van der Waals surface area (Å²) in [7, 11) is 0. The van der Waals surface area contributed by atoms with Crippen molar-refractivity contribution in [3.63, 3.8) is 0 Å². The first-order valence-electron chi connectivity index (χ1n) is 8.83. The Morgan fingerprint density at radius 1 is 1.26 bits per heavy atom. The highest BCUT2D eigenvalue weighted by molar-refractivity contribution is 9.10. The van der Waals surface area contributed by atoms with Gasteiger partial charge in [0.15, 0.2) is 5.76 Å². The highest BCUT2D eigenvalue weighted by Crippen LogP contribution is 2.26. The first kappa shape index (κ1) is 17.9. The van der Waals surface area contributed by atoms with E-state index >= 15 is 0 Å². The molecular weight excluding hydrogens is 414 g/mol. The number of nitrogens with zero attached hydrogens (tertiary/aromatic N) is 3. The average molecular weight is 432 g/mol. The van der Waals surface area contributed by atoms with Crippen LogP contribution in [0.4, 0.5) is 0 Å². The molecule has 2 aromatic rings. The second-order valence-electron chi connectivity index (χ2n) is 6.79. The van der Waals surface area contributed by atoms with Gasteiger partial charge in [0.25, 0.3) is 11.8 Å². The molecule has 4 rings (SSSR count). The second kappa shape index (κ2) is 6.92. The molecule has 3 amide bonds. The van der Waals surface area contributed by atoms with Crippen LogP contribution in [0, 0.1) is 6.92 Å². The van der Waals surface area contributed by atoms with Crippen molar-refractivity contribution in [2.45, 2.75) is 32.7 Å². The van der Waals surface area contributed by atoms with Gasteiger partial charge in [-0.05, 0) is 38.0 Å². The zero-order valence-corrected chi connectivity index (χ0v) is 16.4. The number of amides is 3. The maximum absolute atomic E-state index is 12.5. The first-order chi connectivity index (χ1) is 13.0. The van der Waals surface area contributed by atoms with Gasteiger partial charge in [0, 0.05) is 29.5 Å². The summed E-state index contributed by atoms with van der Waals surface area (Å²) < 4.78 is 6.04. The lowest BCUT2D eigenvalue weighted by atomic mass is 10.1. The summed E-state index contributed by atoms with van der Waals surface area (Å²) in [6, 6.07) is 5.05. The highest BCUT2D eigenvalue weighted by atomic mass is 79.9. The largest absolute Gasteiger partial charge is 0.359 e. The first-order valence-corrected chi connectivity index (χ1v) is 9.62. The van der Waals surface area contributed by atoms with E-state index in [1.54, 1.807) is 23.1 Å². The molecule has 0 bridgehead atoms. The third-order valence-electron chi connectivity index (χ3n) is 5.09. The highest BCUT2D eigenvalue weighted by Gasteiger charge is 2.35. The van der Waals surface area contributed by atoms with Gasteiger partial charge in [-0.25, -0.2) is 0 Å². The van der Waals surface area contributed by atoms with E-state index in [0.29, 0.717) is 30.6 Å². The topological polar surface area (TPSA) is 83.7 Å². The summed E-state index contributed by atoms with van der Waals surface area (Å²) >= 11 is 3.32. The summed E-state index contributed by atoms with van der Waals surface area (Å²) in [6.07, 6.45) is 1.45. The van der Waals surface area contributed by atoms with Crippen LogP contribution in [0.25, 0.3) is 0 Å². The molecule has 0 fully saturated rings. The molecular formula is C19H18BrN3O4. The monoisotopic (exact) mass is 431 g/mol. The molecule has 2 aliphatic rings. The molecule has 0 radical (unpaired) electrons. The van der Waals surface area contributed by atoms with Crippen LogP contribution in [0.5, 0.6) is 0 Å². The molecule has 27 heavy (non-hydrogen) atoms. The number of carbonyl (C=O) groups excluding carboxylic acids is 3. The Labute approximate surface area is 164 Å². The quantitative estimate of drug-likeness (QED) is 0.694. The van der Waals surface area contributed by atoms with Crippen LogP contribution < -0.4 is 0 Å². The molecule has 0 saturated heterocycles. The van der Waals surface area contributed by atoms with Crippen LogP contribution in [-0.2, 0) is 17.8 Å². The Morgan fingerprint density at radius 3 is 2.85 bits per heavy atom. The molecule has 3 heterocycles. The molecule has 8 heteroatoms. The number of benzene rings is 1. The Hall–Kier alpha value is -2.48. The van der Waals surface area contributed by atoms with E-state index in [-0.39, 0.29) is 30.7 Å². The minimum Gasteiger partial charge on any atom is -0.359 e. The van der Waals surface area contributed by atoms with E-state index in [9.17, 15) is 14.4 Å². The molecule has 2 aliphatic heterocycles. The summed E-state index contributed by atoms with van der Waals surface area (Å²) in [5.74, 6) is 0.144. The molecule has 0 atom stereocenters. The van der Waals surface area contributed by atoms with E-state index in [1.165, 1.54) is 4.90 Å². The Morgan fingerprint density at radius 2 is 2.04 bits per heavy atom. The lowest BCUT2D eigenvalue weighted by Gasteiger charge is -2.26. The van der Waals surface area contributed by atoms with E-state index in [1.807, 2.05) is 6.92 Å². The van der Waals surface area contributed by atoms with E-state index < -0.39 is 0 Å². The molecule has 0 aliphatic carbocycles. The minimum atomic E-state index is -0.302. The van der Waals surface area contributed by atoms with Crippen molar-refractivity contribution in [3.05, 3.63) is 50.8 Å². The Bertz CT molecular complexity index is 952. The lowest BCUT2D eigenvalue weighted by molar-refractivity contribution is -0.132. The molecule has 7 nitrogen and oxygen atoms in total. The zero-order valence-electron chi connectivity index (χ0n) is 14.8. The second-order valence-corrected chi connectivity index (χ2v) is 7.71. The number of hydrogen-bond donors (Lipinski definition) is 0. The molecule has 1 aromatic carbocycles. The van der Waals surface area contributed by atoms with Gasteiger partial charge in [0.2, 0.25) is 5.91 Å². The maximum atomic E-state index is 12.5. The molecule has 0 saturated carbocycles. The summed E-state index contributed by atoms with van der Waals surface area (Å²) in [5, 5.41) is 3.95. The number of aryl methyl sites for hydroxylation is 1. The van der Waals surface area contributed by atoms with Gasteiger partial charge in [-0.1, -0.05) is 21.1 Å². The normalized spacial score (nSPS) is 15.9. The number of hydrogen-bond acceptors (Lipinski definition) is 5. The van der Waals surface area contributed by atoms with Crippen molar-refractivity contribution in [2.75, 3.05) is 13.1 Å².